The van der Waals surface area contributed by atoms with Crippen molar-refractivity contribution in [1.82, 2.24) is 9.88 Å². The summed E-state index contributed by atoms with van der Waals surface area (Å²) < 4.78 is 5.07. The number of likely N-dealkylation sites (tertiary alicyclic amines) is 1. The van der Waals surface area contributed by atoms with Gasteiger partial charge in [-0.25, -0.2) is 4.98 Å². The van der Waals surface area contributed by atoms with E-state index < -0.39 is 0 Å². The zero-order chi connectivity index (χ0) is 13.5. The molecular weight excluding hydrogens is 238 g/mol. The van der Waals surface area contributed by atoms with Gasteiger partial charge < -0.3 is 15.0 Å². The average molecular weight is 263 g/mol. The summed E-state index contributed by atoms with van der Waals surface area (Å²) in [7, 11) is 1.64. The second-order valence-corrected chi connectivity index (χ2v) is 5.20. The lowest BCUT2D eigenvalue weighted by atomic mass is 10.1. The smallest absolute Gasteiger partial charge is 0.213 e. The molecule has 1 fully saturated rings. The van der Waals surface area contributed by atoms with Crippen LogP contribution < -0.4 is 10.1 Å². The van der Waals surface area contributed by atoms with E-state index in [1.165, 1.54) is 45.3 Å². The fraction of sp³-hybridized carbons (Fsp3) is 0.667. The quantitative estimate of drug-likeness (QED) is 0.886. The van der Waals surface area contributed by atoms with Gasteiger partial charge in [0.15, 0.2) is 0 Å². The van der Waals surface area contributed by atoms with Gasteiger partial charge in [-0.3, -0.25) is 0 Å². The molecule has 0 bridgehead atoms. The van der Waals surface area contributed by atoms with Crippen molar-refractivity contribution in [3.05, 3.63) is 18.3 Å². The normalized spacial score (nSPS) is 20.8. The van der Waals surface area contributed by atoms with Crippen molar-refractivity contribution in [3.8, 4) is 5.88 Å². The molecule has 2 heterocycles. The standard InChI is InChI=1S/C15H25N3O/c1-3-9-18-10-4-5-13(8-11-18)17-14-6-7-15(19-2)16-12-14/h6-7,12-13,17H,3-5,8-11H2,1-2H3. The number of pyridine rings is 1. The lowest BCUT2D eigenvalue weighted by Gasteiger charge is -2.20. The number of methoxy groups -OCH3 is 1. The fourth-order valence-electron chi connectivity index (χ4n) is 2.66. The van der Waals surface area contributed by atoms with Crippen LogP contribution in [0.2, 0.25) is 0 Å². The summed E-state index contributed by atoms with van der Waals surface area (Å²) in [4.78, 5) is 6.81. The minimum absolute atomic E-state index is 0.567. The van der Waals surface area contributed by atoms with Gasteiger partial charge in [0, 0.05) is 18.7 Å². The highest BCUT2D eigenvalue weighted by Gasteiger charge is 2.16. The third kappa shape index (κ3) is 4.39. The van der Waals surface area contributed by atoms with Gasteiger partial charge in [0.2, 0.25) is 5.88 Å². The van der Waals surface area contributed by atoms with Gasteiger partial charge in [-0.1, -0.05) is 6.92 Å². The number of rotatable bonds is 5. The molecule has 0 saturated carbocycles. The molecule has 2 rings (SSSR count). The van der Waals surface area contributed by atoms with Gasteiger partial charge >= 0.3 is 0 Å². The van der Waals surface area contributed by atoms with E-state index in [4.69, 9.17) is 4.74 Å². The van der Waals surface area contributed by atoms with E-state index in [0.29, 0.717) is 11.9 Å². The predicted octanol–water partition coefficient (Wildman–Crippen LogP) is 2.77. The van der Waals surface area contributed by atoms with Crippen LogP contribution in [-0.2, 0) is 0 Å². The highest BCUT2D eigenvalue weighted by molar-refractivity contribution is 5.42. The highest BCUT2D eigenvalue weighted by Crippen LogP contribution is 2.18. The Morgan fingerprint density at radius 2 is 2.26 bits per heavy atom. The molecule has 106 valence electrons. The van der Waals surface area contributed by atoms with Crippen LogP contribution in [0.15, 0.2) is 18.3 Å². The summed E-state index contributed by atoms with van der Waals surface area (Å²) >= 11 is 0. The molecule has 1 aromatic heterocycles. The van der Waals surface area contributed by atoms with Crippen molar-refractivity contribution in [2.75, 3.05) is 32.1 Å². The summed E-state index contributed by atoms with van der Waals surface area (Å²) in [6.07, 6.45) is 6.84. The second kappa shape index (κ2) is 7.34. The van der Waals surface area contributed by atoms with Crippen LogP contribution in [0.3, 0.4) is 0 Å². The lowest BCUT2D eigenvalue weighted by Crippen LogP contribution is -2.27. The molecule has 1 aromatic rings. The Morgan fingerprint density at radius 3 is 2.95 bits per heavy atom. The monoisotopic (exact) mass is 263 g/mol. The van der Waals surface area contributed by atoms with Crippen molar-refractivity contribution in [2.24, 2.45) is 0 Å². The fourth-order valence-corrected chi connectivity index (χ4v) is 2.66. The number of nitrogens with one attached hydrogen (secondary N) is 1. The molecule has 0 amide bonds. The van der Waals surface area contributed by atoms with E-state index in [9.17, 15) is 0 Å². The first kappa shape index (κ1) is 14.1. The van der Waals surface area contributed by atoms with E-state index in [1.54, 1.807) is 7.11 Å². The minimum atomic E-state index is 0.567. The molecule has 4 heteroatoms. The first-order chi connectivity index (χ1) is 9.31. The summed E-state index contributed by atoms with van der Waals surface area (Å²) in [5, 5.41) is 3.59. The first-order valence-corrected chi connectivity index (χ1v) is 7.30. The van der Waals surface area contributed by atoms with Gasteiger partial charge in [-0.2, -0.15) is 0 Å². The van der Waals surface area contributed by atoms with Gasteiger partial charge in [-0.05, 0) is 44.8 Å². The maximum Gasteiger partial charge on any atom is 0.213 e. The number of aromatic nitrogens is 1. The molecule has 1 unspecified atom stereocenters. The Kier molecular flexibility index (Phi) is 5.45. The largest absolute Gasteiger partial charge is 0.481 e. The van der Waals surface area contributed by atoms with Crippen LogP contribution in [0.5, 0.6) is 5.88 Å². The van der Waals surface area contributed by atoms with Crippen molar-refractivity contribution < 1.29 is 4.74 Å². The molecule has 4 nitrogen and oxygen atoms in total. The second-order valence-electron chi connectivity index (χ2n) is 5.20. The summed E-state index contributed by atoms with van der Waals surface area (Å²) in [5.74, 6) is 0.667. The summed E-state index contributed by atoms with van der Waals surface area (Å²) in [6, 6.07) is 4.51. The third-order valence-electron chi connectivity index (χ3n) is 3.68. The van der Waals surface area contributed by atoms with E-state index in [0.717, 1.165) is 5.69 Å². The third-order valence-corrected chi connectivity index (χ3v) is 3.68. The Morgan fingerprint density at radius 1 is 1.37 bits per heavy atom. The van der Waals surface area contributed by atoms with Gasteiger partial charge in [0.25, 0.3) is 0 Å². The molecule has 0 spiro atoms. The average Bonchev–Trinajstić information content (AvgIpc) is 2.66. The minimum Gasteiger partial charge on any atom is -0.481 e. The Labute approximate surface area is 116 Å². The van der Waals surface area contributed by atoms with E-state index in [1.807, 2.05) is 18.3 Å². The summed E-state index contributed by atoms with van der Waals surface area (Å²) in [5.41, 5.74) is 1.09. The molecular formula is C15H25N3O. The molecule has 1 N–H and O–H groups in total. The SMILES string of the molecule is CCCN1CCCC(Nc2ccc(OC)nc2)CC1. The zero-order valence-corrected chi connectivity index (χ0v) is 12.1. The molecule has 1 saturated heterocycles. The van der Waals surface area contributed by atoms with Crippen molar-refractivity contribution in [2.45, 2.75) is 38.6 Å². The number of nitrogens with zero attached hydrogens (tertiary/aromatic N) is 2. The number of anilines is 1. The van der Waals surface area contributed by atoms with Crippen molar-refractivity contribution in [3.63, 3.8) is 0 Å². The topological polar surface area (TPSA) is 37.4 Å². The first-order valence-electron chi connectivity index (χ1n) is 7.30. The number of hydrogen-bond donors (Lipinski definition) is 1. The molecule has 0 aliphatic carbocycles. The Hall–Kier alpha value is -1.29. The van der Waals surface area contributed by atoms with Crippen LogP contribution in [0.4, 0.5) is 5.69 Å². The van der Waals surface area contributed by atoms with Crippen molar-refractivity contribution in [1.29, 1.82) is 0 Å². The predicted molar refractivity (Wildman–Crippen MR) is 78.8 cm³/mol. The van der Waals surface area contributed by atoms with E-state index >= 15 is 0 Å². The van der Waals surface area contributed by atoms with Crippen LogP contribution >= 0.6 is 0 Å². The molecule has 0 radical (unpaired) electrons. The van der Waals surface area contributed by atoms with Crippen molar-refractivity contribution >= 4 is 5.69 Å². The van der Waals surface area contributed by atoms with Crippen LogP contribution in [-0.4, -0.2) is 42.7 Å². The van der Waals surface area contributed by atoms with Gasteiger partial charge in [0.05, 0.1) is 19.0 Å². The maximum atomic E-state index is 5.07. The van der Waals surface area contributed by atoms with E-state index in [-0.39, 0.29) is 0 Å². The summed E-state index contributed by atoms with van der Waals surface area (Å²) in [6.45, 7) is 5.93. The van der Waals surface area contributed by atoms with Crippen LogP contribution in [0.25, 0.3) is 0 Å². The lowest BCUT2D eigenvalue weighted by molar-refractivity contribution is 0.285. The molecule has 1 atom stereocenters. The Balaban J connectivity index is 1.84. The van der Waals surface area contributed by atoms with Crippen LogP contribution in [0, 0.1) is 0 Å². The number of ether oxygens (including phenoxy) is 1. The molecule has 1 aliphatic rings. The highest BCUT2D eigenvalue weighted by atomic mass is 16.5. The van der Waals surface area contributed by atoms with E-state index in [2.05, 4.69) is 22.1 Å². The Bertz CT molecular complexity index is 366. The number of hydrogen-bond acceptors (Lipinski definition) is 4. The van der Waals surface area contributed by atoms with Gasteiger partial charge in [-0.15, -0.1) is 0 Å². The maximum absolute atomic E-state index is 5.07. The molecule has 19 heavy (non-hydrogen) atoms. The van der Waals surface area contributed by atoms with Gasteiger partial charge in [0.1, 0.15) is 0 Å². The molecule has 0 aromatic carbocycles. The zero-order valence-electron chi connectivity index (χ0n) is 12.1. The van der Waals surface area contributed by atoms with Crippen LogP contribution in [0.1, 0.15) is 32.6 Å². The molecule has 1 aliphatic heterocycles.